The number of nitrogens with one attached hydrogen (secondary N) is 1. The van der Waals surface area contributed by atoms with Gasteiger partial charge < -0.3 is 5.32 Å². The van der Waals surface area contributed by atoms with E-state index in [1.165, 1.54) is 0 Å². The Morgan fingerprint density at radius 1 is 1.22 bits per heavy atom. The SMILES string of the molecule is CNCc1cncc(-n2cnc3ccccc32)c1. The fourth-order valence-electron chi connectivity index (χ4n) is 2.07. The van der Waals surface area contributed by atoms with E-state index in [2.05, 4.69) is 32.0 Å². The number of hydrogen-bond donors (Lipinski definition) is 1. The maximum absolute atomic E-state index is 4.39. The highest BCUT2D eigenvalue weighted by molar-refractivity contribution is 5.77. The quantitative estimate of drug-likeness (QED) is 0.760. The molecular formula is C14H14N4. The summed E-state index contributed by atoms with van der Waals surface area (Å²) in [6, 6.07) is 10.2. The molecule has 0 spiro atoms. The van der Waals surface area contributed by atoms with Crippen molar-refractivity contribution in [3.8, 4) is 5.69 Å². The summed E-state index contributed by atoms with van der Waals surface area (Å²) < 4.78 is 2.06. The Kier molecular flexibility index (Phi) is 2.78. The Morgan fingerprint density at radius 3 is 3.00 bits per heavy atom. The summed E-state index contributed by atoms with van der Waals surface area (Å²) in [4.78, 5) is 8.67. The molecule has 90 valence electrons. The van der Waals surface area contributed by atoms with Crippen molar-refractivity contribution in [2.75, 3.05) is 7.05 Å². The average molecular weight is 238 g/mol. The van der Waals surface area contributed by atoms with Gasteiger partial charge in [-0.05, 0) is 30.8 Å². The van der Waals surface area contributed by atoms with Gasteiger partial charge in [0.25, 0.3) is 0 Å². The minimum absolute atomic E-state index is 0.813. The number of fused-ring (bicyclic) bond motifs is 1. The lowest BCUT2D eigenvalue weighted by atomic mass is 10.2. The van der Waals surface area contributed by atoms with E-state index in [0.29, 0.717) is 0 Å². The van der Waals surface area contributed by atoms with E-state index in [1.807, 2.05) is 44.0 Å². The predicted molar refractivity (Wildman–Crippen MR) is 71.6 cm³/mol. The molecule has 0 amide bonds. The molecule has 0 radical (unpaired) electrons. The van der Waals surface area contributed by atoms with Gasteiger partial charge in [0.15, 0.2) is 0 Å². The highest BCUT2D eigenvalue weighted by Gasteiger charge is 2.04. The first-order chi connectivity index (χ1) is 8.88. The van der Waals surface area contributed by atoms with Crippen LogP contribution in [-0.2, 0) is 6.54 Å². The molecule has 0 saturated heterocycles. The smallest absolute Gasteiger partial charge is 0.100 e. The molecule has 0 atom stereocenters. The van der Waals surface area contributed by atoms with E-state index in [1.54, 1.807) is 0 Å². The minimum Gasteiger partial charge on any atom is -0.316 e. The van der Waals surface area contributed by atoms with Crippen LogP contribution in [0.3, 0.4) is 0 Å². The first-order valence-electron chi connectivity index (χ1n) is 5.89. The molecule has 1 aromatic carbocycles. The van der Waals surface area contributed by atoms with Gasteiger partial charge in [0.1, 0.15) is 6.33 Å². The number of para-hydroxylation sites is 2. The fourth-order valence-corrected chi connectivity index (χ4v) is 2.07. The average Bonchev–Trinajstić information content (AvgIpc) is 2.83. The van der Waals surface area contributed by atoms with Crippen molar-refractivity contribution < 1.29 is 0 Å². The maximum atomic E-state index is 4.39. The van der Waals surface area contributed by atoms with Crippen molar-refractivity contribution in [3.63, 3.8) is 0 Å². The van der Waals surface area contributed by atoms with Gasteiger partial charge in [0.05, 0.1) is 22.9 Å². The summed E-state index contributed by atoms with van der Waals surface area (Å²) in [5.74, 6) is 0. The minimum atomic E-state index is 0.813. The number of benzene rings is 1. The summed E-state index contributed by atoms with van der Waals surface area (Å²) >= 11 is 0. The van der Waals surface area contributed by atoms with E-state index in [9.17, 15) is 0 Å². The van der Waals surface area contributed by atoms with Gasteiger partial charge in [0, 0.05) is 12.7 Å². The first kappa shape index (κ1) is 10.9. The van der Waals surface area contributed by atoms with Crippen LogP contribution in [0.2, 0.25) is 0 Å². The van der Waals surface area contributed by atoms with Gasteiger partial charge in [-0.3, -0.25) is 9.55 Å². The number of rotatable bonds is 3. The van der Waals surface area contributed by atoms with Crippen LogP contribution in [0.5, 0.6) is 0 Å². The number of aromatic nitrogens is 3. The molecular weight excluding hydrogens is 224 g/mol. The third kappa shape index (κ3) is 1.87. The second kappa shape index (κ2) is 4.58. The normalized spacial score (nSPS) is 10.9. The van der Waals surface area contributed by atoms with Crippen LogP contribution in [0.15, 0.2) is 49.1 Å². The topological polar surface area (TPSA) is 42.7 Å². The van der Waals surface area contributed by atoms with Gasteiger partial charge >= 0.3 is 0 Å². The van der Waals surface area contributed by atoms with Crippen molar-refractivity contribution >= 4 is 11.0 Å². The molecule has 0 fully saturated rings. The second-order valence-corrected chi connectivity index (χ2v) is 4.19. The van der Waals surface area contributed by atoms with E-state index < -0.39 is 0 Å². The van der Waals surface area contributed by atoms with Gasteiger partial charge in [-0.2, -0.15) is 0 Å². The standard InChI is InChI=1S/C14H14N4/c1-15-7-11-6-12(9-16-8-11)18-10-17-13-4-2-3-5-14(13)18/h2-6,8-10,15H,7H2,1H3. The summed E-state index contributed by atoms with van der Waals surface area (Å²) in [6.07, 6.45) is 5.57. The van der Waals surface area contributed by atoms with Gasteiger partial charge in [-0.25, -0.2) is 4.98 Å². The van der Waals surface area contributed by atoms with E-state index in [0.717, 1.165) is 28.8 Å². The Balaban J connectivity index is 2.11. The number of pyridine rings is 1. The third-order valence-corrected chi connectivity index (χ3v) is 2.89. The first-order valence-corrected chi connectivity index (χ1v) is 5.89. The molecule has 0 aliphatic heterocycles. The zero-order chi connectivity index (χ0) is 12.4. The van der Waals surface area contributed by atoms with Gasteiger partial charge in [0.2, 0.25) is 0 Å². The summed E-state index contributed by atoms with van der Waals surface area (Å²) in [7, 11) is 1.93. The van der Waals surface area contributed by atoms with Crippen molar-refractivity contribution in [2.24, 2.45) is 0 Å². The van der Waals surface area contributed by atoms with Crippen molar-refractivity contribution in [1.29, 1.82) is 0 Å². The van der Waals surface area contributed by atoms with Crippen LogP contribution in [0.25, 0.3) is 16.7 Å². The van der Waals surface area contributed by atoms with Crippen molar-refractivity contribution in [1.82, 2.24) is 19.9 Å². The lowest BCUT2D eigenvalue weighted by molar-refractivity contribution is 0.811. The summed E-state index contributed by atoms with van der Waals surface area (Å²) in [5, 5.41) is 3.13. The molecule has 0 bridgehead atoms. The Bertz CT molecular complexity index is 672. The molecule has 0 unspecified atom stereocenters. The van der Waals surface area contributed by atoms with Crippen LogP contribution in [0.1, 0.15) is 5.56 Å². The molecule has 2 heterocycles. The molecule has 1 N–H and O–H groups in total. The summed E-state index contributed by atoms with van der Waals surface area (Å²) in [5.41, 5.74) is 4.29. The van der Waals surface area contributed by atoms with Crippen LogP contribution in [0, 0.1) is 0 Å². The molecule has 0 aliphatic carbocycles. The lowest BCUT2D eigenvalue weighted by Gasteiger charge is -2.06. The molecule has 4 heteroatoms. The number of nitrogens with zero attached hydrogens (tertiary/aromatic N) is 3. The molecule has 0 saturated carbocycles. The zero-order valence-corrected chi connectivity index (χ0v) is 10.2. The molecule has 4 nitrogen and oxygen atoms in total. The molecule has 18 heavy (non-hydrogen) atoms. The van der Waals surface area contributed by atoms with E-state index >= 15 is 0 Å². The molecule has 3 rings (SSSR count). The monoisotopic (exact) mass is 238 g/mol. The number of hydrogen-bond acceptors (Lipinski definition) is 3. The Morgan fingerprint density at radius 2 is 2.11 bits per heavy atom. The van der Waals surface area contributed by atoms with Gasteiger partial charge in [-0.15, -0.1) is 0 Å². The van der Waals surface area contributed by atoms with Crippen LogP contribution >= 0.6 is 0 Å². The highest BCUT2D eigenvalue weighted by Crippen LogP contribution is 2.17. The molecule has 0 aliphatic rings. The molecule has 3 aromatic rings. The zero-order valence-electron chi connectivity index (χ0n) is 10.2. The van der Waals surface area contributed by atoms with Crippen molar-refractivity contribution in [2.45, 2.75) is 6.54 Å². The predicted octanol–water partition coefficient (Wildman–Crippen LogP) is 2.14. The summed E-state index contributed by atoms with van der Waals surface area (Å²) in [6.45, 7) is 0.813. The highest BCUT2D eigenvalue weighted by atomic mass is 15.1. The van der Waals surface area contributed by atoms with E-state index in [-0.39, 0.29) is 0 Å². The molecule has 2 aromatic heterocycles. The fraction of sp³-hybridized carbons (Fsp3) is 0.143. The van der Waals surface area contributed by atoms with Crippen LogP contribution < -0.4 is 5.32 Å². The lowest BCUT2D eigenvalue weighted by Crippen LogP contribution is -2.06. The Hall–Kier alpha value is -2.20. The van der Waals surface area contributed by atoms with Crippen LogP contribution in [0.4, 0.5) is 0 Å². The van der Waals surface area contributed by atoms with Gasteiger partial charge in [-0.1, -0.05) is 12.1 Å². The van der Waals surface area contributed by atoms with Crippen LogP contribution in [-0.4, -0.2) is 21.6 Å². The van der Waals surface area contributed by atoms with E-state index in [4.69, 9.17) is 0 Å². The third-order valence-electron chi connectivity index (χ3n) is 2.89. The maximum Gasteiger partial charge on any atom is 0.100 e. The van der Waals surface area contributed by atoms with Crippen molar-refractivity contribution in [3.05, 3.63) is 54.6 Å². The largest absolute Gasteiger partial charge is 0.316 e. The Labute approximate surface area is 105 Å². The number of imidazole rings is 1. The second-order valence-electron chi connectivity index (χ2n) is 4.19.